The predicted molar refractivity (Wildman–Crippen MR) is 56.1 cm³/mol. The van der Waals surface area contributed by atoms with Gasteiger partial charge in [-0.25, -0.2) is 13.1 Å². The Morgan fingerprint density at radius 3 is 2.21 bits per heavy atom. The van der Waals surface area contributed by atoms with Crippen LogP contribution in [0.25, 0.3) is 0 Å². The van der Waals surface area contributed by atoms with Gasteiger partial charge in [-0.15, -0.1) is 0 Å². The lowest BCUT2D eigenvalue weighted by molar-refractivity contribution is 0.566. The van der Waals surface area contributed by atoms with Gasteiger partial charge in [0, 0.05) is 11.4 Å². The van der Waals surface area contributed by atoms with Crippen LogP contribution in [-0.4, -0.2) is 14.5 Å². The Morgan fingerprint density at radius 2 is 1.71 bits per heavy atom. The smallest absolute Gasteiger partial charge is 0.208 e. The molecule has 80 valence electrons. The lowest BCUT2D eigenvalue weighted by Crippen LogP contribution is -2.25. The van der Waals surface area contributed by atoms with Crippen molar-refractivity contribution in [1.29, 1.82) is 0 Å². The molecule has 0 heterocycles. The Labute approximate surface area is 85.6 Å². The average molecular weight is 215 g/mol. The highest BCUT2D eigenvalue weighted by atomic mass is 32.2. The molecule has 0 radical (unpaired) electrons. The second-order valence-corrected chi connectivity index (χ2v) is 5.98. The van der Waals surface area contributed by atoms with Gasteiger partial charge in [-0.05, 0) is 24.7 Å². The number of hydrogen-bond acceptors (Lipinski definition) is 2. The summed E-state index contributed by atoms with van der Waals surface area (Å²) in [5.74, 6) is 1.21. The van der Waals surface area contributed by atoms with Crippen molar-refractivity contribution in [3.8, 4) is 0 Å². The summed E-state index contributed by atoms with van der Waals surface area (Å²) < 4.78 is 25.2. The van der Waals surface area contributed by atoms with E-state index in [1.54, 1.807) is 0 Å². The van der Waals surface area contributed by atoms with Gasteiger partial charge in [0.05, 0.1) is 0 Å². The second-order valence-electron chi connectivity index (χ2n) is 4.32. The summed E-state index contributed by atoms with van der Waals surface area (Å²) in [4.78, 5) is 0. The molecule has 0 aromatic rings. The zero-order chi connectivity index (χ0) is 10.2. The molecular formula is C10H17NO2S. The van der Waals surface area contributed by atoms with Gasteiger partial charge in [0.2, 0.25) is 10.0 Å². The summed E-state index contributed by atoms with van der Waals surface area (Å²) in [5.41, 5.74) is 0. The zero-order valence-electron chi connectivity index (χ0n) is 8.28. The van der Waals surface area contributed by atoms with Gasteiger partial charge in [0.1, 0.15) is 0 Å². The number of nitrogens with one attached hydrogen (secondary N) is 1. The van der Waals surface area contributed by atoms with E-state index in [9.17, 15) is 8.42 Å². The Balaban J connectivity index is 1.94. The van der Waals surface area contributed by atoms with Crippen LogP contribution in [0.3, 0.4) is 0 Å². The molecular weight excluding hydrogens is 198 g/mol. The molecule has 0 spiro atoms. The average Bonchev–Trinajstić information content (AvgIpc) is 2.82. The third kappa shape index (κ3) is 2.01. The molecule has 1 unspecified atom stereocenters. The molecule has 0 amide bonds. The summed E-state index contributed by atoms with van der Waals surface area (Å²) in [7, 11) is -3.21. The molecule has 2 aliphatic carbocycles. The molecule has 4 heteroatoms. The van der Waals surface area contributed by atoms with Gasteiger partial charge in [-0.1, -0.05) is 25.8 Å². The predicted octanol–water partition coefficient (Wildman–Crippen LogP) is 1.63. The maximum absolute atomic E-state index is 11.2. The first-order chi connectivity index (χ1) is 6.64. The summed E-state index contributed by atoms with van der Waals surface area (Å²) in [6.45, 7) is 3.30. The minimum Gasteiger partial charge on any atom is -0.208 e. The van der Waals surface area contributed by atoms with Crippen molar-refractivity contribution in [3.63, 3.8) is 0 Å². The van der Waals surface area contributed by atoms with E-state index in [1.165, 1.54) is 32.1 Å². The lowest BCUT2D eigenvalue weighted by atomic mass is 10.1. The maximum atomic E-state index is 11.2. The number of rotatable bonds is 3. The van der Waals surface area contributed by atoms with E-state index >= 15 is 0 Å². The first-order valence-corrected chi connectivity index (χ1v) is 6.83. The van der Waals surface area contributed by atoms with Crippen LogP contribution in [0.15, 0.2) is 12.0 Å². The highest BCUT2D eigenvalue weighted by Crippen LogP contribution is 2.48. The largest absolute Gasteiger partial charge is 0.233 e. The van der Waals surface area contributed by atoms with Gasteiger partial charge >= 0.3 is 0 Å². The fraction of sp³-hybridized carbons (Fsp3) is 0.800. The molecule has 0 saturated heterocycles. The summed E-state index contributed by atoms with van der Waals surface area (Å²) in [5, 5.41) is 1.01. The van der Waals surface area contributed by atoms with Crippen molar-refractivity contribution in [3.05, 3.63) is 12.0 Å². The van der Waals surface area contributed by atoms with Crippen LogP contribution in [0, 0.1) is 11.8 Å². The second kappa shape index (κ2) is 3.66. The van der Waals surface area contributed by atoms with Gasteiger partial charge < -0.3 is 0 Å². The Hall–Kier alpha value is -0.350. The van der Waals surface area contributed by atoms with Crippen molar-refractivity contribution in [1.82, 2.24) is 4.72 Å². The monoisotopic (exact) mass is 215 g/mol. The molecule has 0 aromatic heterocycles. The molecule has 3 atom stereocenters. The van der Waals surface area contributed by atoms with E-state index in [-0.39, 0.29) is 6.04 Å². The van der Waals surface area contributed by atoms with Crippen molar-refractivity contribution in [2.24, 2.45) is 11.8 Å². The maximum Gasteiger partial charge on any atom is 0.233 e. The van der Waals surface area contributed by atoms with Crippen LogP contribution in [0.5, 0.6) is 0 Å². The van der Waals surface area contributed by atoms with Crippen molar-refractivity contribution in [2.75, 3.05) is 0 Å². The minimum atomic E-state index is -3.21. The molecule has 14 heavy (non-hydrogen) atoms. The molecule has 2 aliphatic rings. The molecule has 2 saturated carbocycles. The van der Waals surface area contributed by atoms with E-state index in [0.717, 1.165) is 5.41 Å². The SMILES string of the molecule is C=CS(=O)(=O)NC1[C@H]2CCCCC[C@@H]12. The molecule has 3 nitrogen and oxygen atoms in total. The normalized spacial score (nSPS) is 37.0. The zero-order valence-corrected chi connectivity index (χ0v) is 9.09. The first-order valence-electron chi connectivity index (χ1n) is 5.29. The third-order valence-electron chi connectivity index (χ3n) is 3.43. The highest BCUT2D eigenvalue weighted by Gasteiger charge is 2.50. The fourth-order valence-electron chi connectivity index (χ4n) is 2.58. The van der Waals surface area contributed by atoms with E-state index in [2.05, 4.69) is 11.3 Å². The van der Waals surface area contributed by atoms with E-state index in [1.807, 2.05) is 0 Å². The molecule has 1 N–H and O–H groups in total. The van der Waals surface area contributed by atoms with Gasteiger partial charge in [-0.2, -0.15) is 0 Å². The molecule has 0 aliphatic heterocycles. The quantitative estimate of drug-likeness (QED) is 0.777. The van der Waals surface area contributed by atoms with Gasteiger partial charge in [0.15, 0.2) is 0 Å². The topological polar surface area (TPSA) is 46.2 Å². The van der Waals surface area contributed by atoms with Crippen LogP contribution >= 0.6 is 0 Å². The van der Waals surface area contributed by atoms with E-state index in [0.29, 0.717) is 11.8 Å². The molecule has 2 fully saturated rings. The minimum absolute atomic E-state index is 0.207. The van der Waals surface area contributed by atoms with Gasteiger partial charge in [-0.3, -0.25) is 0 Å². The summed E-state index contributed by atoms with van der Waals surface area (Å²) >= 11 is 0. The van der Waals surface area contributed by atoms with Crippen molar-refractivity contribution in [2.45, 2.75) is 38.1 Å². The molecule has 2 rings (SSSR count). The van der Waals surface area contributed by atoms with Crippen LogP contribution in [0.1, 0.15) is 32.1 Å². The first kappa shape index (κ1) is 10.2. The van der Waals surface area contributed by atoms with Crippen molar-refractivity contribution >= 4 is 10.0 Å². The Bertz CT molecular complexity index is 311. The van der Waals surface area contributed by atoms with Crippen LogP contribution in [-0.2, 0) is 10.0 Å². The number of hydrogen-bond donors (Lipinski definition) is 1. The standard InChI is InChI=1S/C10H17NO2S/c1-2-14(12,13)11-10-8-6-4-3-5-7-9(8)10/h2,8-11H,1,3-7H2/t8-,9+,10?. The third-order valence-corrected chi connectivity index (χ3v) is 4.47. The van der Waals surface area contributed by atoms with Gasteiger partial charge in [0.25, 0.3) is 0 Å². The number of fused-ring (bicyclic) bond motifs is 1. The van der Waals surface area contributed by atoms with Crippen molar-refractivity contribution < 1.29 is 8.42 Å². The fourth-order valence-corrected chi connectivity index (χ4v) is 3.41. The summed E-state index contributed by atoms with van der Waals surface area (Å²) in [6.07, 6.45) is 6.21. The lowest BCUT2D eigenvalue weighted by Gasteiger charge is -2.03. The van der Waals surface area contributed by atoms with Crippen LogP contribution in [0.4, 0.5) is 0 Å². The molecule has 0 aromatic carbocycles. The highest BCUT2D eigenvalue weighted by molar-refractivity contribution is 7.92. The summed E-state index contributed by atoms with van der Waals surface area (Å²) in [6, 6.07) is 0.207. The van der Waals surface area contributed by atoms with E-state index < -0.39 is 10.0 Å². The Morgan fingerprint density at radius 1 is 1.14 bits per heavy atom. The van der Waals surface area contributed by atoms with E-state index in [4.69, 9.17) is 0 Å². The number of sulfonamides is 1. The molecule has 0 bridgehead atoms. The van der Waals surface area contributed by atoms with Crippen LogP contribution < -0.4 is 4.72 Å². The van der Waals surface area contributed by atoms with Crippen LogP contribution in [0.2, 0.25) is 0 Å². The Kier molecular flexibility index (Phi) is 2.66.